The zero-order valence-corrected chi connectivity index (χ0v) is 15.4. The first-order valence-corrected chi connectivity index (χ1v) is 8.91. The smallest absolute Gasteiger partial charge is 0.326 e. The second kappa shape index (κ2) is 9.04. The Morgan fingerprint density at radius 2 is 1.71 bits per heavy atom. The van der Waals surface area contributed by atoms with Crippen LogP contribution < -0.4 is 10.6 Å². The lowest BCUT2D eigenvalue weighted by Crippen LogP contribution is -2.45. The van der Waals surface area contributed by atoms with Crippen molar-refractivity contribution in [2.45, 2.75) is 84.7 Å². The lowest BCUT2D eigenvalue weighted by Gasteiger charge is -2.22. The molecule has 1 fully saturated rings. The van der Waals surface area contributed by atoms with Gasteiger partial charge in [0.1, 0.15) is 6.04 Å². The van der Waals surface area contributed by atoms with Crippen molar-refractivity contribution < 1.29 is 19.5 Å². The summed E-state index contributed by atoms with van der Waals surface area (Å²) >= 11 is 0. The Hall–Kier alpha value is -1.59. The molecule has 0 aromatic heterocycles. The lowest BCUT2D eigenvalue weighted by atomic mass is 9.88. The predicted molar refractivity (Wildman–Crippen MR) is 92.4 cm³/mol. The molecule has 6 heteroatoms. The number of carboxylic acid groups (broad SMARTS) is 1. The number of nitrogens with one attached hydrogen (secondary N) is 2. The number of aliphatic carboxylic acids is 1. The molecule has 1 aliphatic carbocycles. The highest BCUT2D eigenvalue weighted by Crippen LogP contribution is 2.25. The van der Waals surface area contributed by atoms with Crippen LogP contribution in [0.15, 0.2) is 0 Å². The number of hydrogen-bond donors (Lipinski definition) is 3. The van der Waals surface area contributed by atoms with Crippen LogP contribution in [-0.4, -0.2) is 35.0 Å². The summed E-state index contributed by atoms with van der Waals surface area (Å²) in [5, 5.41) is 14.7. The first kappa shape index (κ1) is 20.5. The number of carbonyl (C=O) groups is 3. The van der Waals surface area contributed by atoms with Gasteiger partial charge in [0.25, 0.3) is 0 Å². The summed E-state index contributed by atoms with van der Waals surface area (Å²) in [5.74, 6) is -1.28. The molecule has 0 aliphatic heterocycles. The van der Waals surface area contributed by atoms with Gasteiger partial charge in [-0.05, 0) is 38.0 Å². The van der Waals surface area contributed by atoms with E-state index in [2.05, 4.69) is 10.6 Å². The average Bonchev–Trinajstić information content (AvgIpc) is 2.95. The van der Waals surface area contributed by atoms with Crippen molar-refractivity contribution in [3.63, 3.8) is 0 Å². The summed E-state index contributed by atoms with van der Waals surface area (Å²) in [6, 6.07) is -1.18. The van der Waals surface area contributed by atoms with E-state index in [4.69, 9.17) is 0 Å². The number of amides is 2. The lowest BCUT2D eigenvalue weighted by molar-refractivity contribution is -0.142. The van der Waals surface area contributed by atoms with Crippen LogP contribution in [0.1, 0.15) is 72.6 Å². The molecule has 24 heavy (non-hydrogen) atoms. The normalized spacial score (nSPS) is 18.0. The molecule has 0 aromatic rings. The van der Waals surface area contributed by atoms with Gasteiger partial charge < -0.3 is 15.7 Å². The second-order valence-electron chi connectivity index (χ2n) is 8.15. The van der Waals surface area contributed by atoms with Gasteiger partial charge in [0.05, 0.1) is 0 Å². The quantitative estimate of drug-likeness (QED) is 0.632. The maximum Gasteiger partial charge on any atom is 0.326 e. The van der Waals surface area contributed by atoms with Gasteiger partial charge in [0.2, 0.25) is 11.8 Å². The summed E-state index contributed by atoms with van der Waals surface area (Å²) in [7, 11) is 0. The minimum absolute atomic E-state index is 0.00955. The predicted octanol–water partition coefficient (Wildman–Crippen LogP) is 2.47. The fourth-order valence-corrected chi connectivity index (χ4v) is 2.97. The SMILES string of the molecule is CC(CC(=O)NC(CCC(C)(C)C)C(=O)O)NC(=O)C1CCCC1. The van der Waals surface area contributed by atoms with Gasteiger partial charge in [-0.15, -0.1) is 0 Å². The molecule has 138 valence electrons. The second-order valence-corrected chi connectivity index (χ2v) is 8.15. The topological polar surface area (TPSA) is 95.5 Å². The average molecular weight is 340 g/mol. The first-order chi connectivity index (χ1) is 11.1. The van der Waals surface area contributed by atoms with Crippen molar-refractivity contribution in [1.82, 2.24) is 10.6 Å². The van der Waals surface area contributed by atoms with Crippen LogP contribution in [0.5, 0.6) is 0 Å². The van der Waals surface area contributed by atoms with E-state index in [0.717, 1.165) is 25.7 Å². The van der Waals surface area contributed by atoms with Crippen molar-refractivity contribution in [1.29, 1.82) is 0 Å². The maximum absolute atomic E-state index is 12.1. The maximum atomic E-state index is 12.1. The molecule has 2 unspecified atom stereocenters. The number of carbonyl (C=O) groups excluding carboxylic acids is 2. The molecule has 0 bridgehead atoms. The molecule has 1 aliphatic rings. The number of carboxylic acids is 1. The van der Waals surface area contributed by atoms with Gasteiger partial charge >= 0.3 is 5.97 Å². The van der Waals surface area contributed by atoms with Crippen molar-refractivity contribution in [2.75, 3.05) is 0 Å². The molecule has 0 heterocycles. The van der Waals surface area contributed by atoms with Crippen molar-refractivity contribution in [3.8, 4) is 0 Å². The van der Waals surface area contributed by atoms with Gasteiger partial charge in [-0.1, -0.05) is 33.6 Å². The highest BCUT2D eigenvalue weighted by Gasteiger charge is 2.26. The summed E-state index contributed by atoms with van der Waals surface area (Å²) in [4.78, 5) is 35.4. The molecule has 1 saturated carbocycles. The van der Waals surface area contributed by atoms with Gasteiger partial charge in [0.15, 0.2) is 0 Å². The molecule has 0 aromatic carbocycles. The standard InChI is InChI=1S/C18H32N2O4/c1-12(19-16(22)13-7-5-6-8-13)11-15(21)20-14(17(23)24)9-10-18(2,3)4/h12-14H,5-11H2,1-4H3,(H,19,22)(H,20,21)(H,23,24). The summed E-state index contributed by atoms with van der Waals surface area (Å²) in [6.07, 6.45) is 5.20. The van der Waals surface area contributed by atoms with Crippen molar-refractivity contribution >= 4 is 17.8 Å². The van der Waals surface area contributed by atoms with Crippen molar-refractivity contribution in [3.05, 3.63) is 0 Å². The summed E-state index contributed by atoms with van der Waals surface area (Å²) < 4.78 is 0. The Labute approximate surface area is 144 Å². The largest absolute Gasteiger partial charge is 0.480 e. The molecule has 3 N–H and O–H groups in total. The van der Waals surface area contributed by atoms with E-state index in [-0.39, 0.29) is 35.6 Å². The van der Waals surface area contributed by atoms with Crippen LogP contribution >= 0.6 is 0 Å². The van der Waals surface area contributed by atoms with E-state index in [1.807, 2.05) is 20.8 Å². The third kappa shape index (κ3) is 7.79. The van der Waals surface area contributed by atoms with Gasteiger partial charge in [-0.2, -0.15) is 0 Å². The Morgan fingerprint density at radius 3 is 2.21 bits per heavy atom. The zero-order valence-electron chi connectivity index (χ0n) is 15.4. The highest BCUT2D eigenvalue weighted by atomic mass is 16.4. The van der Waals surface area contributed by atoms with Crippen LogP contribution in [0.2, 0.25) is 0 Å². The Bertz CT molecular complexity index is 450. The highest BCUT2D eigenvalue weighted by molar-refractivity contribution is 5.84. The van der Waals surface area contributed by atoms with E-state index in [1.165, 1.54) is 0 Å². The summed E-state index contributed by atoms with van der Waals surface area (Å²) in [5.41, 5.74) is 0.0149. The number of rotatable bonds is 8. The molecule has 0 radical (unpaired) electrons. The molecule has 0 saturated heterocycles. The van der Waals surface area contributed by atoms with E-state index < -0.39 is 12.0 Å². The van der Waals surface area contributed by atoms with Crippen LogP contribution in [0, 0.1) is 11.3 Å². The molecule has 2 amide bonds. The van der Waals surface area contributed by atoms with E-state index >= 15 is 0 Å². The molecule has 6 nitrogen and oxygen atoms in total. The fraction of sp³-hybridized carbons (Fsp3) is 0.833. The van der Waals surface area contributed by atoms with Crippen molar-refractivity contribution in [2.24, 2.45) is 11.3 Å². The third-order valence-electron chi connectivity index (χ3n) is 4.42. The van der Waals surface area contributed by atoms with Gasteiger partial charge in [0, 0.05) is 18.4 Å². The van der Waals surface area contributed by atoms with E-state index in [9.17, 15) is 19.5 Å². The molecule has 2 atom stereocenters. The molecular formula is C18H32N2O4. The van der Waals surface area contributed by atoms with Crippen LogP contribution in [-0.2, 0) is 14.4 Å². The van der Waals surface area contributed by atoms with E-state index in [1.54, 1.807) is 6.92 Å². The first-order valence-electron chi connectivity index (χ1n) is 8.91. The van der Waals surface area contributed by atoms with Gasteiger partial charge in [-0.3, -0.25) is 9.59 Å². The van der Waals surface area contributed by atoms with Gasteiger partial charge in [-0.25, -0.2) is 4.79 Å². The number of hydrogen-bond acceptors (Lipinski definition) is 3. The minimum Gasteiger partial charge on any atom is -0.480 e. The molecule has 1 rings (SSSR count). The zero-order chi connectivity index (χ0) is 18.3. The Kier molecular flexibility index (Phi) is 7.70. The van der Waals surface area contributed by atoms with Crippen LogP contribution in [0.3, 0.4) is 0 Å². The Balaban J connectivity index is 2.40. The third-order valence-corrected chi connectivity index (χ3v) is 4.42. The summed E-state index contributed by atoms with van der Waals surface area (Å²) in [6.45, 7) is 7.88. The Morgan fingerprint density at radius 1 is 1.12 bits per heavy atom. The van der Waals surface area contributed by atoms with E-state index in [0.29, 0.717) is 12.8 Å². The molecule has 0 spiro atoms. The fourth-order valence-electron chi connectivity index (χ4n) is 2.97. The van der Waals surface area contributed by atoms with Crippen LogP contribution in [0.4, 0.5) is 0 Å². The molecular weight excluding hydrogens is 308 g/mol. The minimum atomic E-state index is -1.02. The van der Waals surface area contributed by atoms with Crippen LogP contribution in [0.25, 0.3) is 0 Å². The monoisotopic (exact) mass is 340 g/mol.